The fourth-order valence-electron chi connectivity index (χ4n) is 1.55. The Labute approximate surface area is 80.2 Å². The highest BCUT2D eigenvalue weighted by Gasteiger charge is 2.09. The van der Waals surface area contributed by atoms with Crippen LogP contribution < -0.4 is 0 Å². The van der Waals surface area contributed by atoms with Crippen LogP contribution in [0.3, 0.4) is 0 Å². The van der Waals surface area contributed by atoms with E-state index in [4.69, 9.17) is 0 Å². The van der Waals surface area contributed by atoms with Gasteiger partial charge in [0, 0.05) is 0 Å². The van der Waals surface area contributed by atoms with E-state index in [1.54, 1.807) is 6.92 Å². The fourth-order valence-corrected chi connectivity index (χ4v) is 1.55. The molecule has 13 heavy (non-hydrogen) atoms. The maximum absolute atomic E-state index is 11.5. The summed E-state index contributed by atoms with van der Waals surface area (Å²) in [6, 6.07) is 0. The first-order valence-corrected chi connectivity index (χ1v) is 4.96. The summed E-state index contributed by atoms with van der Waals surface area (Å²) >= 11 is 0. The molecule has 0 heterocycles. The van der Waals surface area contributed by atoms with Crippen molar-refractivity contribution in [2.45, 2.75) is 45.4 Å². The number of Topliss-reactive ketones (excluding diaryl/α,β-unsaturated/α-hetero) is 1. The van der Waals surface area contributed by atoms with Crippen molar-refractivity contribution in [2.75, 3.05) is 0 Å². The van der Waals surface area contributed by atoms with E-state index < -0.39 is 0 Å². The summed E-state index contributed by atoms with van der Waals surface area (Å²) in [5, 5.41) is 0. The minimum Gasteiger partial charge on any atom is -0.293 e. The fraction of sp³-hybridized carbons (Fsp3) is 0.583. The number of allylic oxidation sites excluding steroid dienone is 2. The maximum Gasteiger partial charge on any atom is 0.170 e. The lowest BCUT2D eigenvalue weighted by molar-refractivity contribution is -0.114. The minimum absolute atomic E-state index is 0.233. The molecule has 1 rings (SSSR count). The van der Waals surface area contributed by atoms with Gasteiger partial charge in [-0.1, -0.05) is 18.4 Å². The molecule has 0 spiro atoms. The molecular weight excluding hydrogens is 160 g/mol. The minimum atomic E-state index is 0.233. The molecule has 70 valence electrons. The monoisotopic (exact) mass is 176 g/mol. The van der Waals surface area contributed by atoms with Gasteiger partial charge < -0.3 is 0 Å². The summed E-state index contributed by atoms with van der Waals surface area (Å²) in [6.07, 6.45) is 8.19. The van der Waals surface area contributed by atoms with E-state index in [2.05, 4.69) is 17.9 Å². The van der Waals surface area contributed by atoms with E-state index in [-0.39, 0.29) is 5.78 Å². The van der Waals surface area contributed by atoms with Crippen LogP contribution in [0, 0.1) is 11.8 Å². The molecule has 0 atom stereocenters. The van der Waals surface area contributed by atoms with Gasteiger partial charge in [0.25, 0.3) is 0 Å². The van der Waals surface area contributed by atoms with Gasteiger partial charge in [0.1, 0.15) is 0 Å². The van der Waals surface area contributed by atoms with Gasteiger partial charge in [-0.05, 0) is 38.2 Å². The first kappa shape index (κ1) is 10.1. The summed E-state index contributed by atoms with van der Waals surface area (Å²) < 4.78 is 0. The number of rotatable bonds is 2. The van der Waals surface area contributed by atoms with Crippen LogP contribution in [0.5, 0.6) is 0 Å². The van der Waals surface area contributed by atoms with E-state index in [1.807, 2.05) is 0 Å². The van der Waals surface area contributed by atoms with Crippen molar-refractivity contribution in [2.24, 2.45) is 0 Å². The number of ketones is 1. The van der Waals surface area contributed by atoms with Gasteiger partial charge in [0.05, 0.1) is 6.42 Å². The van der Waals surface area contributed by atoms with Gasteiger partial charge in [-0.2, -0.15) is 0 Å². The molecule has 1 heteroatoms. The topological polar surface area (TPSA) is 17.1 Å². The van der Waals surface area contributed by atoms with Crippen LogP contribution in [0.25, 0.3) is 0 Å². The molecular formula is C12H16O. The summed E-state index contributed by atoms with van der Waals surface area (Å²) in [6.45, 7) is 1.77. The SMILES string of the molecule is CC#CCC(=O)C1=CCCCCC1. The summed E-state index contributed by atoms with van der Waals surface area (Å²) in [4.78, 5) is 11.5. The summed E-state index contributed by atoms with van der Waals surface area (Å²) in [5.41, 5.74) is 1.01. The molecule has 0 aliphatic heterocycles. The molecule has 0 saturated carbocycles. The first-order chi connectivity index (χ1) is 6.34. The van der Waals surface area contributed by atoms with Crippen molar-refractivity contribution >= 4 is 5.78 Å². The standard InChI is InChI=1S/C12H16O/c1-2-3-10-12(13)11-8-6-4-5-7-9-11/h8H,4-7,9-10H2,1H3. The molecule has 1 nitrogen and oxygen atoms in total. The van der Waals surface area contributed by atoms with E-state index in [1.165, 1.54) is 12.8 Å². The van der Waals surface area contributed by atoms with Gasteiger partial charge >= 0.3 is 0 Å². The lowest BCUT2D eigenvalue weighted by Gasteiger charge is -1.99. The molecule has 0 fully saturated rings. The Morgan fingerprint density at radius 2 is 2.31 bits per heavy atom. The van der Waals surface area contributed by atoms with Crippen LogP contribution >= 0.6 is 0 Å². The second-order valence-electron chi connectivity index (χ2n) is 3.36. The normalized spacial score (nSPS) is 16.5. The van der Waals surface area contributed by atoms with Crippen LogP contribution in [0.15, 0.2) is 11.6 Å². The largest absolute Gasteiger partial charge is 0.293 e. The average Bonchev–Trinajstić information content (AvgIpc) is 2.42. The Bertz CT molecular complexity index is 263. The van der Waals surface area contributed by atoms with E-state index in [0.29, 0.717) is 6.42 Å². The third-order valence-corrected chi connectivity index (χ3v) is 2.32. The number of hydrogen-bond donors (Lipinski definition) is 0. The van der Waals surface area contributed by atoms with Crippen LogP contribution in [-0.2, 0) is 4.79 Å². The molecule has 0 saturated heterocycles. The van der Waals surface area contributed by atoms with Crippen molar-refractivity contribution in [3.63, 3.8) is 0 Å². The molecule has 0 aromatic carbocycles. The summed E-state index contributed by atoms with van der Waals surface area (Å²) in [7, 11) is 0. The molecule has 0 aromatic rings. The van der Waals surface area contributed by atoms with E-state index >= 15 is 0 Å². The summed E-state index contributed by atoms with van der Waals surface area (Å²) in [5.74, 6) is 5.81. The van der Waals surface area contributed by atoms with Gasteiger partial charge in [-0.25, -0.2) is 0 Å². The molecule has 1 aliphatic rings. The number of carbonyl (C=O) groups is 1. The number of carbonyl (C=O) groups excluding carboxylic acids is 1. The lowest BCUT2D eigenvalue weighted by Crippen LogP contribution is -2.00. The zero-order chi connectivity index (χ0) is 9.52. The van der Waals surface area contributed by atoms with E-state index in [0.717, 1.165) is 24.8 Å². The molecule has 0 amide bonds. The second-order valence-corrected chi connectivity index (χ2v) is 3.36. The van der Waals surface area contributed by atoms with Crippen molar-refractivity contribution in [1.82, 2.24) is 0 Å². The van der Waals surface area contributed by atoms with Crippen molar-refractivity contribution < 1.29 is 4.79 Å². The predicted octanol–water partition coefficient (Wildman–Crippen LogP) is 2.86. The third-order valence-electron chi connectivity index (χ3n) is 2.32. The molecule has 0 aromatic heterocycles. The molecule has 0 unspecified atom stereocenters. The quantitative estimate of drug-likeness (QED) is 0.591. The maximum atomic E-state index is 11.5. The highest BCUT2D eigenvalue weighted by Crippen LogP contribution is 2.18. The Balaban J connectivity index is 2.51. The first-order valence-electron chi connectivity index (χ1n) is 4.96. The van der Waals surface area contributed by atoms with Gasteiger partial charge in [0.2, 0.25) is 0 Å². The second kappa shape index (κ2) is 5.59. The van der Waals surface area contributed by atoms with Crippen LogP contribution in [0.1, 0.15) is 45.4 Å². The molecule has 0 bridgehead atoms. The van der Waals surface area contributed by atoms with Crippen molar-refractivity contribution in [3.8, 4) is 11.8 Å². The predicted molar refractivity (Wildman–Crippen MR) is 54.2 cm³/mol. The smallest absolute Gasteiger partial charge is 0.170 e. The third kappa shape index (κ3) is 3.46. The van der Waals surface area contributed by atoms with Crippen molar-refractivity contribution in [1.29, 1.82) is 0 Å². The zero-order valence-corrected chi connectivity index (χ0v) is 8.23. The van der Waals surface area contributed by atoms with E-state index in [9.17, 15) is 4.79 Å². The van der Waals surface area contributed by atoms with Gasteiger partial charge in [-0.3, -0.25) is 4.79 Å². The zero-order valence-electron chi connectivity index (χ0n) is 8.23. The Morgan fingerprint density at radius 3 is 3.08 bits per heavy atom. The van der Waals surface area contributed by atoms with Gasteiger partial charge in [-0.15, -0.1) is 5.92 Å². The van der Waals surface area contributed by atoms with Gasteiger partial charge in [0.15, 0.2) is 5.78 Å². The molecule has 0 N–H and O–H groups in total. The molecule has 1 aliphatic carbocycles. The number of hydrogen-bond acceptors (Lipinski definition) is 1. The Kier molecular flexibility index (Phi) is 4.32. The van der Waals surface area contributed by atoms with Crippen molar-refractivity contribution in [3.05, 3.63) is 11.6 Å². The Hall–Kier alpha value is -1.03. The van der Waals surface area contributed by atoms with Crippen LogP contribution in [0.4, 0.5) is 0 Å². The highest BCUT2D eigenvalue weighted by molar-refractivity contribution is 5.96. The van der Waals surface area contributed by atoms with Crippen LogP contribution in [0.2, 0.25) is 0 Å². The lowest BCUT2D eigenvalue weighted by atomic mass is 10.0. The highest BCUT2D eigenvalue weighted by atomic mass is 16.1. The molecule has 0 radical (unpaired) electrons. The average molecular weight is 176 g/mol. The Morgan fingerprint density at radius 1 is 1.46 bits per heavy atom. The van der Waals surface area contributed by atoms with Crippen LogP contribution in [-0.4, -0.2) is 5.78 Å².